The van der Waals surface area contributed by atoms with Gasteiger partial charge >= 0.3 is 0 Å². The minimum Gasteiger partial charge on any atom is -0.374 e. The molecule has 3 nitrogen and oxygen atoms in total. The van der Waals surface area contributed by atoms with Gasteiger partial charge < -0.3 is 4.74 Å². The fraction of sp³-hybridized carbons (Fsp3) is 1.00. The highest BCUT2D eigenvalue weighted by molar-refractivity contribution is 5.00. The lowest BCUT2D eigenvalue weighted by Gasteiger charge is -2.49. The van der Waals surface area contributed by atoms with Crippen molar-refractivity contribution in [2.24, 2.45) is 23.6 Å². The van der Waals surface area contributed by atoms with Crippen molar-refractivity contribution in [3.8, 4) is 0 Å². The van der Waals surface area contributed by atoms with Crippen LogP contribution in [0.1, 0.15) is 72.1 Å². The van der Waals surface area contributed by atoms with E-state index in [0.717, 1.165) is 18.4 Å². The van der Waals surface area contributed by atoms with Crippen LogP contribution in [-0.2, 0) is 4.74 Å². The van der Waals surface area contributed by atoms with Gasteiger partial charge in [0.15, 0.2) is 0 Å². The average Bonchev–Trinajstić information content (AvgIpc) is 2.42. The summed E-state index contributed by atoms with van der Waals surface area (Å²) in [5.74, 6) is 8.33. The Morgan fingerprint density at radius 2 is 1.85 bits per heavy atom. The molecule has 3 heteroatoms. The summed E-state index contributed by atoms with van der Waals surface area (Å²) in [4.78, 5) is 0. The van der Waals surface area contributed by atoms with Gasteiger partial charge in [-0.2, -0.15) is 0 Å². The van der Waals surface area contributed by atoms with Crippen molar-refractivity contribution in [1.29, 1.82) is 0 Å². The molecule has 2 fully saturated rings. The second-order valence-electron chi connectivity index (χ2n) is 7.36. The summed E-state index contributed by atoms with van der Waals surface area (Å²) in [6, 6.07) is 0.331. The third-order valence-electron chi connectivity index (χ3n) is 5.70. The Hall–Kier alpha value is -0.120. The predicted octanol–water partition coefficient (Wildman–Crippen LogP) is 3.63. The fourth-order valence-corrected chi connectivity index (χ4v) is 4.67. The van der Waals surface area contributed by atoms with Crippen molar-refractivity contribution < 1.29 is 4.74 Å². The number of hydrogen-bond acceptors (Lipinski definition) is 3. The maximum absolute atomic E-state index is 6.33. The number of nitrogens with one attached hydrogen (secondary N) is 1. The van der Waals surface area contributed by atoms with Crippen molar-refractivity contribution in [2.45, 2.75) is 83.8 Å². The number of hydrogen-bond donors (Lipinski definition) is 2. The van der Waals surface area contributed by atoms with E-state index in [1.807, 2.05) is 0 Å². The number of hydrazine groups is 1. The lowest BCUT2D eigenvalue weighted by molar-refractivity contribution is -0.116. The topological polar surface area (TPSA) is 47.3 Å². The van der Waals surface area contributed by atoms with E-state index in [-0.39, 0.29) is 5.60 Å². The van der Waals surface area contributed by atoms with E-state index in [4.69, 9.17) is 10.6 Å². The first-order valence-corrected chi connectivity index (χ1v) is 8.71. The van der Waals surface area contributed by atoms with Gasteiger partial charge in [0.25, 0.3) is 0 Å². The van der Waals surface area contributed by atoms with Gasteiger partial charge in [0, 0.05) is 6.61 Å². The van der Waals surface area contributed by atoms with Gasteiger partial charge in [-0.15, -0.1) is 0 Å². The molecule has 0 aromatic heterocycles. The number of nitrogens with two attached hydrogens (primary N) is 1. The molecule has 2 aliphatic carbocycles. The molecule has 0 aromatic carbocycles. The van der Waals surface area contributed by atoms with Crippen LogP contribution in [0.4, 0.5) is 0 Å². The van der Waals surface area contributed by atoms with E-state index in [0.29, 0.717) is 12.0 Å². The van der Waals surface area contributed by atoms with Crippen molar-refractivity contribution in [3.63, 3.8) is 0 Å². The maximum Gasteiger partial charge on any atom is 0.0853 e. The number of rotatable bonds is 5. The van der Waals surface area contributed by atoms with E-state index in [1.165, 1.54) is 51.4 Å². The molecule has 2 aliphatic rings. The van der Waals surface area contributed by atoms with Crippen LogP contribution in [0.5, 0.6) is 0 Å². The fourth-order valence-electron chi connectivity index (χ4n) is 4.67. The van der Waals surface area contributed by atoms with Crippen LogP contribution in [0.15, 0.2) is 0 Å². The molecule has 0 radical (unpaired) electrons. The third kappa shape index (κ3) is 3.55. The van der Waals surface area contributed by atoms with Crippen LogP contribution in [0.25, 0.3) is 0 Å². The SMILES string of the molecule is CCOC1(C(NN)C2CCC(C)CC2)CCCC(C)C1. The lowest BCUT2D eigenvalue weighted by atomic mass is 9.67. The summed E-state index contributed by atoms with van der Waals surface area (Å²) in [7, 11) is 0. The molecule has 0 heterocycles. The van der Waals surface area contributed by atoms with Crippen molar-refractivity contribution in [1.82, 2.24) is 5.43 Å². The molecule has 0 amide bonds. The standard InChI is InChI=1S/C17H34N2O/c1-4-20-17(11-5-6-14(3)12-17)16(19-18)15-9-7-13(2)8-10-15/h13-16,19H,4-12,18H2,1-3H3. The van der Waals surface area contributed by atoms with Crippen LogP contribution in [0, 0.1) is 17.8 Å². The summed E-state index contributed by atoms with van der Waals surface area (Å²) in [6.45, 7) is 7.66. The minimum absolute atomic E-state index is 0.0214. The Morgan fingerprint density at radius 3 is 2.40 bits per heavy atom. The van der Waals surface area contributed by atoms with Gasteiger partial charge in [-0.05, 0) is 50.4 Å². The molecule has 0 saturated heterocycles. The predicted molar refractivity (Wildman–Crippen MR) is 84.2 cm³/mol. The molecule has 2 saturated carbocycles. The zero-order valence-electron chi connectivity index (χ0n) is 13.7. The molecule has 0 bridgehead atoms. The van der Waals surface area contributed by atoms with Crippen LogP contribution in [0.2, 0.25) is 0 Å². The van der Waals surface area contributed by atoms with Crippen molar-refractivity contribution in [2.75, 3.05) is 6.61 Å². The van der Waals surface area contributed by atoms with Gasteiger partial charge in [0.1, 0.15) is 0 Å². The molecule has 3 N–H and O–H groups in total. The van der Waals surface area contributed by atoms with Crippen LogP contribution < -0.4 is 11.3 Å². The number of ether oxygens (including phenoxy) is 1. The maximum atomic E-state index is 6.33. The van der Waals surface area contributed by atoms with Crippen molar-refractivity contribution >= 4 is 0 Å². The molecular weight excluding hydrogens is 248 g/mol. The second kappa shape index (κ2) is 7.24. The quantitative estimate of drug-likeness (QED) is 0.598. The first-order chi connectivity index (χ1) is 9.61. The first-order valence-electron chi connectivity index (χ1n) is 8.71. The summed E-state index contributed by atoms with van der Waals surface area (Å²) in [5.41, 5.74) is 3.16. The molecular formula is C17H34N2O. The largest absolute Gasteiger partial charge is 0.374 e. The molecule has 2 rings (SSSR count). The lowest BCUT2D eigenvalue weighted by Crippen LogP contribution is -2.60. The van der Waals surface area contributed by atoms with Crippen LogP contribution in [-0.4, -0.2) is 18.2 Å². The van der Waals surface area contributed by atoms with E-state index in [2.05, 4.69) is 26.2 Å². The highest BCUT2D eigenvalue weighted by Crippen LogP contribution is 2.43. The smallest absolute Gasteiger partial charge is 0.0853 e. The first kappa shape index (κ1) is 16.3. The monoisotopic (exact) mass is 282 g/mol. The minimum atomic E-state index is -0.0214. The van der Waals surface area contributed by atoms with E-state index in [1.54, 1.807) is 0 Å². The van der Waals surface area contributed by atoms with Gasteiger partial charge in [-0.1, -0.05) is 39.5 Å². The zero-order valence-corrected chi connectivity index (χ0v) is 13.7. The van der Waals surface area contributed by atoms with Crippen molar-refractivity contribution in [3.05, 3.63) is 0 Å². The summed E-state index contributed by atoms with van der Waals surface area (Å²) < 4.78 is 6.33. The van der Waals surface area contributed by atoms with Crippen LogP contribution >= 0.6 is 0 Å². The van der Waals surface area contributed by atoms with Gasteiger partial charge in [0.2, 0.25) is 0 Å². The molecule has 0 spiro atoms. The van der Waals surface area contributed by atoms with E-state index in [9.17, 15) is 0 Å². The Kier molecular flexibility index (Phi) is 5.88. The third-order valence-corrected chi connectivity index (χ3v) is 5.70. The molecule has 20 heavy (non-hydrogen) atoms. The van der Waals surface area contributed by atoms with Gasteiger partial charge in [0.05, 0.1) is 11.6 Å². The zero-order chi connectivity index (χ0) is 14.6. The Bertz CT molecular complexity index is 285. The average molecular weight is 282 g/mol. The van der Waals surface area contributed by atoms with Gasteiger partial charge in [-0.25, -0.2) is 0 Å². The molecule has 3 unspecified atom stereocenters. The Labute approximate surface area is 125 Å². The van der Waals surface area contributed by atoms with Gasteiger partial charge in [-0.3, -0.25) is 11.3 Å². The highest BCUT2D eigenvalue weighted by atomic mass is 16.5. The van der Waals surface area contributed by atoms with Crippen LogP contribution in [0.3, 0.4) is 0 Å². The van der Waals surface area contributed by atoms with E-state index < -0.39 is 0 Å². The summed E-state index contributed by atoms with van der Waals surface area (Å²) in [6.07, 6.45) is 10.3. The molecule has 0 aromatic rings. The molecule has 3 atom stereocenters. The summed E-state index contributed by atoms with van der Waals surface area (Å²) >= 11 is 0. The van der Waals surface area contributed by atoms with E-state index >= 15 is 0 Å². The second-order valence-corrected chi connectivity index (χ2v) is 7.36. The Balaban J connectivity index is 2.12. The Morgan fingerprint density at radius 1 is 1.15 bits per heavy atom. The summed E-state index contributed by atoms with van der Waals surface area (Å²) in [5, 5.41) is 0. The molecule has 0 aliphatic heterocycles. The molecule has 118 valence electrons. The normalized spacial score (nSPS) is 40.5. The highest BCUT2D eigenvalue weighted by Gasteiger charge is 2.46.